The summed E-state index contributed by atoms with van der Waals surface area (Å²) in [7, 11) is 5.22. The summed E-state index contributed by atoms with van der Waals surface area (Å²) < 4.78 is 16.3. The first kappa shape index (κ1) is 11.8. The summed E-state index contributed by atoms with van der Waals surface area (Å²) in [5.74, 6) is 1.50. The fourth-order valence-electron chi connectivity index (χ4n) is 1.99. The first-order valence-electron chi connectivity index (χ1n) is 5.57. The highest BCUT2D eigenvalue weighted by molar-refractivity contribution is 5.85. The van der Waals surface area contributed by atoms with Crippen LogP contribution in [0.25, 0.3) is 11.0 Å². The summed E-state index contributed by atoms with van der Waals surface area (Å²) in [6.07, 6.45) is 2.52. The minimum Gasteiger partial charge on any atom is -0.493 e. The second kappa shape index (κ2) is 5.10. The summed E-state index contributed by atoms with van der Waals surface area (Å²) in [5, 5.41) is 4.16. The third-order valence-corrected chi connectivity index (χ3v) is 2.80. The number of ether oxygens (including phenoxy) is 2. The minimum atomic E-state index is 0.743. The van der Waals surface area contributed by atoms with Crippen LogP contribution in [0, 0.1) is 0 Å². The van der Waals surface area contributed by atoms with Gasteiger partial charge in [-0.1, -0.05) is 0 Å². The highest BCUT2D eigenvalue weighted by atomic mass is 16.5. The number of fused-ring (bicyclic) bond motifs is 1. The van der Waals surface area contributed by atoms with Crippen molar-refractivity contribution < 1.29 is 13.9 Å². The lowest BCUT2D eigenvalue weighted by Crippen LogP contribution is -2.11. The Balaban J connectivity index is 2.59. The lowest BCUT2D eigenvalue weighted by atomic mass is 10.1. The molecule has 0 spiro atoms. The number of hydrogen-bond donors (Lipinski definition) is 1. The molecule has 2 rings (SSSR count). The molecule has 1 aromatic heterocycles. The van der Waals surface area contributed by atoms with Crippen molar-refractivity contribution in [2.24, 2.45) is 0 Å². The first-order valence-corrected chi connectivity index (χ1v) is 5.57. The Morgan fingerprint density at radius 3 is 2.76 bits per heavy atom. The molecule has 4 nitrogen and oxygen atoms in total. The summed E-state index contributed by atoms with van der Waals surface area (Å²) in [5.41, 5.74) is 1.92. The van der Waals surface area contributed by atoms with Crippen molar-refractivity contribution in [1.29, 1.82) is 0 Å². The standard InChI is InChI=1S/C13H17NO3/c1-14-6-4-10-12-9(5-7-17-12)8-11(15-2)13(10)16-3/h5,7-8,14H,4,6H2,1-3H3. The molecular formula is C13H17NO3. The molecule has 92 valence electrons. The number of furan rings is 1. The molecule has 0 radical (unpaired) electrons. The van der Waals surface area contributed by atoms with Gasteiger partial charge in [0.2, 0.25) is 0 Å². The van der Waals surface area contributed by atoms with Crippen molar-refractivity contribution >= 4 is 11.0 Å². The monoisotopic (exact) mass is 235 g/mol. The van der Waals surface area contributed by atoms with Crippen molar-refractivity contribution in [2.45, 2.75) is 6.42 Å². The Labute approximate surface area is 101 Å². The summed E-state index contributed by atoms with van der Waals surface area (Å²) in [4.78, 5) is 0. The number of hydrogen-bond acceptors (Lipinski definition) is 4. The number of likely N-dealkylation sites (N-methyl/N-ethyl adjacent to an activating group) is 1. The zero-order chi connectivity index (χ0) is 12.3. The van der Waals surface area contributed by atoms with Gasteiger partial charge in [-0.3, -0.25) is 0 Å². The van der Waals surface area contributed by atoms with Gasteiger partial charge in [-0.2, -0.15) is 0 Å². The van der Waals surface area contributed by atoms with E-state index in [1.807, 2.05) is 19.2 Å². The molecule has 0 amide bonds. The van der Waals surface area contributed by atoms with E-state index in [0.29, 0.717) is 0 Å². The molecular weight excluding hydrogens is 218 g/mol. The zero-order valence-electron chi connectivity index (χ0n) is 10.4. The van der Waals surface area contributed by atoms with E-state index >= 15 is 0 Å². The SMILES string of the molecule is CNCCc1c(OC)c(OC)cc2ccoc12. The lowest BCUT2D eigenvalue weighted by Gasteiger charge is -2.13. The van der Waals surface area contributed by atoms with Gasteiger partial charge in [-0.25, -0.2) is 0 Å². The average Bonchev–Trinajstić information content (AvgIpc) is 2.82. The molecule has 0 saturated heterocycles. The van der Waals surface area contributed by atoms with E-state index in [4.69, 9.17) is 13.9 Å². The normalized spacial score (nSPS) is 10.8. The van der Waals surface area contributed by atoms with Crippen LogP contribution >= 0.6 is 0 Å². The van der Waals surface area contributed by atoms with E-state index in [1.54, 1.807) is 20.5 Å². The van der Waals surface area contributed by atoms with Crippen LogP contribution in [0.2, 0.25) is 0 Å². The van der Waals surface area contributed by atoms with Gasteiger partial charge in [0, 0.05) is 10.9 Å². The van der Waals surface area contributed by atoms with E-state index < -0.39 is 0 Å². The number of methoxy groups -OCH3 is 2. The van der Waals surface area contributed by atoms with Crippen molar-refractivity contribution in [3.8, 4) is 11.5 Å². The molecule has 0 aliphatic heterocycles. The molecule has 2 aromatic rings. The molecule has 17 heavy (non-hydrogen) atoms. The lowest BCUT2D eigenvalue weighted by molar-refractivity contribution is 0.352. The Kier molecular flexibility index (Phi) is 3.54. The van der Waals surface area contributed by atoms with Gasteiger partial charge >= 0.3 is 0 Å². The maximum Gasteiger partial charge on any atom is 0.167 e. The van der Waals surface area contributed by atoms with Gasteiger partial charge in [-0.05, 0) is 32.1 Å². The van der Waals surface area contributed by atoms with Crippen molar-refractivity contribution in [3.05, 3.63) is 24.0 Å². The highest BCUT2D eigenvalue weighted by Crippen LogP contribution is 2.38. The molecule has 1 aromatic carbocycles. The summed E-state index contributed by atoms with van der Waals surface area (Å²) >= 11 is 0. The van der Waals surface area contributed by atoms with Gasteiger partial charge in [-0.15, -0.1) is 0 Å². The van der Waals surface area contributed by atoms with E-state index in [9.17, 15) is 0 Å². The Morgan fingerprint density at radius 1 is 1.29 bits per heavy atom. The Bertz CT molecular complexity index is 505. The second-order valence-corrected chi connectivity index (χ2v) is 3.78. The summed E-state index contributed by atoms with van der Waals surface area (Å²) in [6, 6.07) is 3.86. The molecule has 0 atom stereocenters. The molecule has 4 heteroatoms. The van der Waals surface area contributed by atoms with Crippen LogP contribution in [0.5, 0.6) is 11.5 Å². The van der Waals surface area contributed by atoms with Gasteiger partial charge in [0.1, 0.15) is 5.58 Å². The number of nitrogens with one attached hydrogen (secondary N) is 1. The van der Waals surface area contributed by atoms with Crippen LogP contribution in [0.3, 0.4) is 0 Å². The predicted molar refractivity (Wildman–Crippen MR) is 66.9 cm³/mol. The molecule has 0 fully saturated rings. The maximum atomic E-state index is 5.52. The number of benzene rings is 1. The Morgan fingerprint density at radius 2 is 2.12 bits per heavy atom. The minimum absolute atomic E-state index is 0.743. The molecule has 0 bridgehead atoms. The van der Waals surface area contributed by atoms with Crippen LogP contribution in [-0.2, 0) is 6.42 Å². The zero-order valence-corrected chi connectivity index (χ0v) is 10.4. The highest BCUT2D eigenvalue weighted by Gasteiger charge is 2.16. The van der Waals surface area contributed by atoms with E-state index in [-0.39, 0.29) is 0 Å². The van der Waals surface area contributed by atoms with Crippen LogP contribution in [0.4, 0.5) is 0 Å². The molecule has 0 aliphatic carbocycles. The van der Waals surface area contributed by atoms with E-state index in [0.717, 1.165) is 41.0 Å². The molecule has 1 heterocycles. The molecule has 1 N–H and O–H groups in total. The average molecular weight is 235 g/mol. The van der Waals surface area contributed by atoms with Gasteiger partial charge in [0.25, 0.3) is 0 Å². The topological polar surface area (TPSA) is 43.6 Å². The van der Waals surface area contributed by atoms with Crippen molar-refractivity contribution in [1.82, 2.24) is 5.32 Å². The van der Waals surface area contributed by atoms with Crippen LogP contribution in [0.1, 0.15) is 5.56 Å². The quantitative estimate of drug-likeness (QED) is 0.863. The van der Waals surface area contributed by atoms with Crippen molar-refractivity contribution in [2.75, 3.05) is 27.8 Å². The maximum absolute atomic E-state index is 5.52. The smallest absolute Gasteiger partial charge is 0.167 e. The van der Waals surface area contributed by atoms with E-state index in [2.05, 4.69) is 5.32 Å². The van der Waals surface area contributed by atoms with E-state index in [1.165, 1.54) is 0 Å². The fraction of sp³-hybridized carbons (Fsp3) is 0.385. The van der Waals surface area contributed by atoms with Crippen LogP contribution in [0.15, 0.2) is 22.8 Å². The molecule has 0 aliphatic rings. The van der Waals surface area contributed by atoms with Gasteiger partial charge in [0.15, 0.2) is 11.5 Å². The summed E-state index contributed by atoms with van der Waals surface area (Å²) in [6.45, 7) is 0.860. The third kappa shape index (κ3) is 2.08. The second-order valence-electron chi connectivity index (χ2n) is 3.78. The van der Waals surface area contributed by atoms with Crippen molar-refractivity contribution in [3.63, 3.8) is 0 Å². The predicted octanol–water partition coefficient (Wildman–Crippen LogP) is 2.21. The molecule has 0 saturated carbocycles. The first-order chi connectivity index (χ1) is 8.31. The van der Waals surface area contributed by atoms with Gasteiger partial charge in [0.05, 0.1) is 20.5 Å². The largest absolute Gasteiger partial charge is 0.493 e. The molecule has 0 unspecified atom stereocenters. The Hall–Kier alpha value is -1.68. The van der Waals surface area contributed by atoms with Crippen LogP contribution < -0.4 is 14.8 Å². The van der Waals surface area contributed by atoms with Crippen LogP contribution in [-0.4, -0.2) is 27.8 Å². The number of rotatable bonds is 5. The van der Waals surface area contributed by atoms with Gasteiger partial charge < -0.3 is 19.2 Å². The third-order valence-electron chi connectivity index (χ3n) is 2.80. The fourth-order valence-corrected chi connectivity index (χ4v) is 1.99.